The second-order valence-electron chi connectivity index (χ2n) is 7.19. The van der Waals surface area contributed by atoms with Crippen molar-refractivity contribution in [3.63, 3.8) is 0 Å². The number of hydrogen-bond acceptors (Lipinski definition) is 4. The van der Waals surface area contributed by atoms with E-state index in [0.717, 1.165) is 11.0 Å². The molecule has 0 saturated heterocycles. The van der Waals surface area contributed by atoms with Crippen LogP contribution in [0.3, 0.4) is 0 Å². The Morgan fingerprint density at radius 1 is 1.36 bits per heavy atom. The summed E-state index contributed by atoms with van der Waals surface area (Å²) in [6, 6.07) is 11.9. The number of aliphatic hydroxyl groups excluding tert-OH is 1. The number of aliphatic hydroxyl groups is 1. The molecule has 0 bridgehead atoms. The molecule has 0 radical (unpaired) electrons. The maximum absolute atomic E-state index is 14.2. The summed E-state index contributed by atoms with van der Waals surface area (Å²) in [5, 5.41) is 12.7. The van der Waals surface area contributed by atoms with Gasteiger partial charge in [-0.3, -0.25) is 4.79 Å². The van der Waals surface area contributed by atoms with Gasteiger partial charge in [0, 0.05) is 0 Å². The number of amides is 1. The molecule has 1 heterocycles. The Kier molecular flexibility index (Phi) is 5.00. The highest BCUT2D eigenvalue weighted by molar-refractivity contribution is 5.80. The minimum absolute atomic E-state index is 0.0614. The Morgan fingerprint density at radius 3 is 2.86 bits per heavy atom. The molecular formula is C21H22FN3O3. The van der Waals surface area contributed by atoms with Gasteiger partial charge in [0.1, 0.15) is 6.54 Å². The lowest BCUT2D eigenvalue weighted by atomic mass is 9.75. The molecule has 7 heteroatoms. The Balaban J connectivity index is 1.54. The van der Waals surface area contributed by atoms with E-state index in [0.29, 0.717) is 18.4 Å². The first-order valence-corrected chi connectivity index (χ1v) is 9.26. The molecule has 3 aromatic rings. The number of imidazole rings is 1. The molecule has 0 unspecified atom stereocenters. The number of methoxy groups -OCH3 is 1. The summed E-state index contributed by atoms with van der Waals surface area (Å²) in [6.45, 7) is 0.116. The van der Waals surface area contributed by atoms with Gasteiger partial charge in [-0.05, 0) is 48.6 Å². The van der Waals surface area contributed by atoms with E-state index in [4.69, 9.17) is 4.74 Å². The van der Waals surface area contributed by atoms with Crippen molar-refractivity contribution in [2.24, 2.45) is 5.92 Å². The average molecular weight is 383 g/mol. The van der Waals surface area contributed by atoms with E-state index >= 15 is 0 Å². The van der Waals surface area contributed by atoms with Gasteiger partial charge in [-0.15, -0.1) is 0 Å². The monoisotopic (exact) mass is 383 g/mol. The molecule has 1 fully saturated rings. The van der Waals surface area contributed by atoms with Crippen molar-refractivity contribution in [1.29, 1.82) is 0 Å². The maximum atomic E-state index is 14.2. The fourth-order valence-electron chi connectivity index (χ4n) is 3.76. The number of benzene rings is 2. The number of halogens is 1. The van der Waals surface area contributed by atoms with Crippen LogP contribution < -0.4 is 10.1 Å². The van der Waals surface area contributed by atoms with E-state index in [1.54, 1.807) is 23.0 Å². The van der Waals surface area contributed by atoms with Crippen LogP contribution in [-0.2, 0) is 11.3 Å². The quantitative estimate of drug-likeness (QED) is 0.686. The van der Waals surface area contributed by atoms with E-state index < -0.39 is 5.82 Å². The zero-order valence-corrected chi connectivity index (χ0v) is 15.5. The summed E-state index contributed by atoms with van der Waals surface area (Å²) in [5.41, 5.74) is 2.37. The molecule has 6 nitrogen and oxygen atoms in total. The molecule has 0 aliphatic heterocycles. The lowest BCUT2D eigenvalue weighted by molar-refractivity contribution is -0.123. The van der Waals surface area contributed by atoms with Crippen LogP contribution in [0, 0.1) is 11.7 Å². The number of para-hydroxylation sites is 2. The first-order valence-electron chi connectivity index (χ1n) is 9.26. The van der Waals surface area contributed by atoms with Gasteiger partial charge >= 0.3 is 0 Å². The summed E-state index contributed by atoms with van der Waals surface area (Å²) in [7, 11) is 1.41. The van der Waals surface area contributed by atoms with Crippen LogP contribution in [0.25, 0.3) is 11.0 Å². The van der Waals surface area contributed by atoms with Crippen LogP contribution >= 0.6 is 0 Å². The van der Waals surface area contributed by atoms with Crippen LogP contribution in [0.15, 0.2) is 48.8 Å². The number of rotatable bonds is 6. The molecule has 1 aromatic heterocycles. The SMILES string of the molecule is COc1ccc([C@H](NC(=O)Cn2cnc3ccccc32)C2CC(O)C2)cc1F. The van der Waals surface area contributed by atoms with Gasteiger partial charge in [0.25, 0.3) is 0 Å². The zero-order valence-electron chi connectivity index (χ0n) is 15.5. The fraction of sp³-hybridized carbons (Fsp3) is 0.333. The molecule has 0 spiro atoms. The molecule has 28 heavy (non-hydrogen) atoms. The lowest BCUT2D eigenvalue weighted by Gasteiger charge is -2.38. The molecule has 1 atom stereocenters. The third kappa shape index (κ3) is 3.57. The summed E-state index contributed by atoms with van der Waals surface area (Å²) < 4.78 is 21.0. The third-order valence-corrected chi connectivity index (χ3v) is 5.31. The highest BCUT2D eigenvalue weighted by atomic mass is 19.1. The number of hydrogen-bond donors (Lipinski definition) is 2. The number of carbonyl (C=O) groups is 1. The van der Waals surface area contributed by atoms with Crippen molar-refractivity contribution in [3.8, 4) is 5.75 Å². The molecule has 1 saturated carbocycles. The summed E-state index contributed by atoms with van der Waals surface area (Å²) in [6.07, 6.45) is 2.42. The van der Waals surface area contributed by atoms with E-state index in [1.807, 2.05) is 24.3 Å². The maximum Gasteiger partial charge on any atom is 0.240 e. The highest BCUT2D eigenvalue weighted by Crippen LogP contribution is 2.39. The highest BCUT2D eigenvalue weighted by Gasteiger charge is 2.36. The molecule has 146 valence electrons. The van der Waals surface area contributed by atoms with Gasteiger partial charge in [0.2, 0.25) is 5.91 Å². The van der Waals surface area contributed by atoms with Crippen molar-refractivity contribution in [1.82, 2.24) is 14.9 Å². The van der Waals surface area contributed by atoms with E-state index in [2.05, 4.69) is 10.3 Å². The Labute approximate surface area is 162 Å². The van der Waals surface area contributed by atoms with Gasteiger partial charge in [-0.25, -0.2) is 9.37 Å². The second-order valence-corrected chi connectivity index (χ2v) is 7.19. The third-order valence-electron chi connectivity index (χ3n) is 5.31. The van der Waals surface area contributed by atoms with Gasteiger partial charge < -0.3 is 19.7 Å². The van der Waals surface area contributed by atoms with Crippen LogP contribution in [0.4, 0.5) is 4.39 Å². The average Bonchev–Trinajstić information content (AvgIpc) is 3.07. The predicted octanol–water partition coefficient (Wildman–Crippen LogP) is 2.81. The second kappa shape index (κ2) is 7.59. The molecule has 2 aromatic carbocycles. The standard InChI is InChI=1S/C21H22FN3O3/c1-28-19-7-6-13(10-16(19)22)21(14-8-15(26)9-14)24-20(27)11-25-12-23-17-4-2-3-5-18(17)25/h2-7,10,12,14-15,21,26H,8-9,11H2,1H3,(H,24,27)/t14?,15?,21-/m0/s1. The van der Waals surface area contributed by atoms with Gasteiger partial charge in [0.05, 0.1) is 36.6 Å². The first kappa shape index (κ1) is 18.4. The first-order chi connectivity index (χ1) is 13.5. The molecular weight excluding hydrogens is 361 g/mol. The molecule has 1 amide bonds. The normalized spacial score (nSPS) is 19.8. The number of aromatic nitrogens is 2. The lowest BCUT2D eigenvalue weighted by Crippen LogP contribution is -2.42. The molecule has 4 rings (SSSR count). The van der Waals surface area contributed by atoms with Crippen molar-refractivity contribution >= 4 is 16.9 Å². The molecule has 1 aliphatic rings. The van der Waals surface area contributed by atoms with Crippen molar-refractivity contribution < 1.29 is 19.0 Å². The number of fused-ring (bicyclic) bond motifs is 1. The predicted molar refractivity (Wildman–Crippen MR) is 102 cm³/mol. The Bertz CT molecular complexity index is 997. The van der Waals surface area contributed by atoms with Crippen molar-refractivity contribution in [3.05, 3.63) is 60.2 Å². The largest absolute Gasteiger partial charge is 0.494 e. The topological polar surface area (TPSA) is 76.4 Å². The van der Waals surface area contributed by atoms with Crippen LogP contribution in [0.2, 0.25) is 0 Å². The van der Waals surface area contributed by atoms with E-state index in [1.165, 1.54) is 13.2 Å². The number of nitrogens with zero attached hydrogens (tertiary/aromatic N) is 2. The van der Waals surface area contributed by atoms with E-state index in [9.17, 15) is 14.3 Å². The van der Waals surface area contributed by atoms with Gasteiger partial charge in [-0.2, -0.15) is 0 Å². The summed E-state index contributed by atoms with van der Waals surface area (Å²) in [4.78, 5) is 17.0. The smallest absolute Gasteiger partial charge is 0.240 e. The van der Waals surface area contributed by atoms with Crippen molar-refractivity contribution in [2.75, 3.05) is 7.11 Å². The zero-order chi connectivity index (χ0) is 19.7. The molecule has 1 aliphatic carbocycles. The van der Waals surface area contributed by atoms with Crippen molar-refractivity contribution in [2.45, 2.75) is 31.5 Å². The van der Waals surface area contributed by atoms with Gasteiger partial charge in [0.15, 0.2) is 11.6 Å². The van der Waals surface area contributed by atoms with Gasteiger partial charge in [-0.1, -0.05) is 18.2 Å². The van der Waals surface area contributed by atoms with E-state index in [-0.39, 0.29) is 36.3 Å². The molecule has 2 N–H and O–H groups in total. The number of ether oxygens (including phenoxy) is 1. The van der Waals surface area contributed by atoms with Crippen LogP contribution in [0.5, 0.6) is 5.75 Å². The minimum atomic E-state index is -0.472. The number of nitrogens with one attached hydrogen (secondary N) is 1. The number of carbonyl (C=O) groups excluding carboxylic acids is 1. The Morgan fingerprint density at radius 2 is 2.14 bits per heavy atom. The Hall–Kier alpha value is -2.93. The summed E-state index contributed by atoms with van der Waals surface area (Å²) in [5.74, 6) is -0.441. The van der Waals surface area contributed by atoms with Crippen LogP contribution in [0.1, 0.15) is 24.4 Å². The van der Waals surface area contributed by atoms with Crippen LogP contribution in [-0.4, -0.2) is 33.8 Å². The fourth-order valence-corrected chi connectivity index (χ4v) is 3.76. The minimum Gasteiger partial charge on any atom is -0.494 e. The summed E-state index contributed by atoms with van der Waals surface area (Å²) >= 11 is 0.